The molecule has 58 valence electrons. The van der Waals surface area contributed by atoms with E-state index in [1.807, 2.05) is 0 Å². The van der Waals surface area contributed by atoms with Crippen molar-refractivity contribution in [3.63, 3.8) is 0 Å². The second-order valence-electron chi connectivity index (χ2n) is 2.06. The van der Waals surface area contributed by atoms with Crippen molar-refractivity contribution >= 4 is 5.84 Å². The normalized spacial score (nSPS) is 9.18. The lowest BCUT2D eigenvalue weighted by atomic mass is 10.2. The van der Waals surface area contributed by atoms with Gasteiger partial charge in [-0.1, -0.05) is 0 Å². The number of nitrogens with one attached hydrogen (secondary N) is 1. The zero-order valence-corrected chi connectivity index (χ0v) is 5.87. The van der Waals surface area contributed by atoms with E-state index in [4.69, 9.17) is 17.0 Å². The van der Waals surface area contributed by atoms with Crippen molar-refractivity contribution in [2.45, 2.75) is 0 Å². The third-order valence-corrected chi connectivity index (χ3v) is 1.30. The minimum atomic E-state index is 0.0357. The first-order valence-electron chi connectivity index (χ1n) is 3.05. The van der Waals surface area contributed by atoms with Crippen molar-refractivity contribution in [1.29, 1.82) is 5.41 Å². The monoisotopic (exact) mass is 151 g/mol. The van der Waals surface area contributed by atoms with Crippen molar-refractivity contribution in [2.24, 2.45) is 11.6 Å². The minimum absolute atomic E-state index is 0.0357. The molecule has 0 saturated heterocycles. The van der Waals surface area contributed by atoms with Crippen molar-refractivity contribution < 1.29 is 4.84 Å². The van der Waals surface area contributed by atoms with Crippen LogP contribution >= 0.6 is 0 Å². The molecule has 0 spiro atoms. The van der Waals surface area contributed by atoms with Crippen LogP contribution in [0.3, 0.4) is 0 Å². The predicted octanol–water partition coefficient (Wildman–Crippen LogP) is 0.223. The fourth-order valence-electron chi connectivity index (χ4n) is 0.713. The summed E-state index contributed by atoms with van der Waals surface area (Å²) in [5.74, 6) is 5.48. The zero-order chi connectivity index (χ0) is 8.27. The Morgan fingerprint density at radius 3 is 2.18 bits per heavy atom. The van der Waals surface area contributed by atoms with Gasteiger partial charge in [-0.2, -0.15) is 5.90 Å². The summed E-state index contributed by atoms with van der Waals surface area (Å²) in [5.41, 5.74) is 5.87. The van der Waals surface area contributed by atoms with Gasteiger partial charge in [0.05, 0.1) is 0 Å². The van der Waals surface area contributed by atoms with E-state index < -0.39 is 0 Å². The fraction of sp³-hybridized carbons (Fsp3) is 0. The van der Waals surface area contributed by atoms with E-state index >= 15 is 0 Å². The topological polar surface area (TPSA) is 85.1 Å². The average molecular weight is 151 g/mol. The fourth-order valence-corrected chi connectivity index (χ4v) is 0.713. The van der Waals surface area contributed by atoms with Gasteiger partial charge >= 0.3 is 0 Å². The van der Waals surface area contributed by atoms with Gasteiger partial charge in [0.2, 0.25) is 0 Å². The van der Waals surface area contributed by atoms with Gasteiger partial charge in [0.15, 0.2) is 0 Å². The second-order valence-corrected chi connectivity index (χ2v) is 2.06. The van der Waals surface area contributed by atoms with Crippen LogP contribution in [0.5, 0.6) is 5.75 Å². The quantitative estimate of drug-likeness (QED) is 0.321. The lowest BCUT2D eigenvalue weighted by Crippen LogP contribution is -2.10. The van der Waals surface area contributed by atoms with Crippen LogP contribution in [0.15, 0.2) is 24.3 Å². The maximum Gasteiger partial charge on any atom is 0.146 e. The minimum Gasteiger partial charge on any atom is -0.412 e. The van der Waals surface area contributed by atoms with Crippen molar-refractivity contribution in [2.75, 3.05) is 0 Å². The van der Waals surface area contributed by atoms with Crippen LogP contribution in [-0.4, -0.2) is 5.84 Å². The molecule has 4 heteroatoms. The third-order valence-electron chi connectivity index (χ3n) is 1.30. The second kappa shape index (κ2) is 3.03. The summed E-state index contributed by atoms with van der Waals surface area (Å²) < 4.78 is 0. The summed E-state index contributed by atoms with van der Waals surface area (Å²) in [6, 6.07) is 6.64. The lowest BCUT2D eigenvalue weighted by molar-refractivity contribution is 0.334. The first-order valence-corrected chi connectivity index (χ1v) is 3.05. The van der Waals surface area contributed by atoms with E-state index in [2.05, 4.69) is 4.84 Å². The molecule has 0 atom stereocenters. The Labute approximate surface area is 64.2 Å². The molecule has 5 N–H and O–H groups in total. The van der Waals surface area contributed by atoms with Crippen LogP contribution in [0.2, 0.25) is 0 Å². The van der Waals surface area contributed by atoms with Gasteiger partial charge in [-0.3, -0.25) is 5.41 Å². The molecule has 1 aromatic rings. The summed E-state index contributed by atoms with van der Waals surface area (Å²) in [5, 5.41) is 7.07. The molecule has 0 saturated carbocycles. The molecule has 0 aliphatic heterocycles. The Morgan fingerprint density at radius 2 is 1.82 bits per heavy atom. The molecular weight excluding hydrogens is 142 g/mol. The number of hydrogen-bond acceptors (Lipinski definition) is 3. The highest BCUT2D eigenvalue weighted by Crippen LogP contribution is 2.09. The summed E-state index contributed by atoms with van der Waals surface area (Å²) >= 11 is 0. The van der Waals surface area contributed by atoms with Gasteiger partial charge in [0, 0.05) is 5.56 Å². The van der Waals surface area contributed by atoms with Gasteiger partial charge in [-0.25, -0.2) is 0 Å². The van der Waals surface area contributed by atoms with E-state index in [9.17, 15) is 0 Å². The van der Waals surface area contributed by atoms with Crippen molar-refractivity contribution in [3.05, 3.63) is 29.8 Å². The van der Waals surface area contributed by atoms with E-state index in [1.54, 1.807) is 24.3 Å². The molecule has 0 aliphatic rings. The molecule has 0 bridgehead atoms. The maximum atomic E-state index is 7.07. The smallest absolute Gasteiger partial charge is 0.146 e. The van der Waals surface area contributed by atoms with Gasteiger partial charge in [0.1, 0.15) is 11.6 Å². The van der Waals surface area contributed by atoms with Crippen LogP contribution in [0, 0.1) is 5.41 Å². The Kier molecular flexibility index (Phi) is 2.08. The largest absolute Gasteiger partial charge is 0.412 e. The number of benzene rings is 1. The number of amidine groups is 1. The molecule has 4 nitrogen and oxygen atoms in total. The molecule has 0 heterocycles. The predicted molar refractivity (Wildman–Crippen MR) is 42.3 cm³/mol. The Hall–Kier alpha value is -1.55. The molecule has 11 heavy (non-hydrogen) atoms. The zero-order valence-electron chi connectivity index (χ0n) is 5.87. The van der Waals surface area contributed by atoms with Crippen LogP contribution in [0.25, 0.3) is 0 Å². The summed E-state index contributed by atoms with van der Waals surface area (Å²) in [6.45, 7) is 0. The maximum absolute atomic E-state index is 7.07. The Morgan fingerprint density at radius 1 is 1.27 bits per heavy atom. The van der Waals surface area contributed by atoms with E-state index in [1.165, 1.54) is 0 Å². The van der Waals surface area contributed by atoms with Crippen molar-refractivity contribution in [3.8, 4) is 5.75 Å². The first-order chi connectivity index (χ1) is 5.24. The highest BCUT2D eigenvalue weighted by molar-refractivity contribution is 5.94. The number of nitrogens with two attached hydrogens (primary N) is 2. The first kappa shape index (κ1) is 7.56. The molecule has 0 amide bonds. The average Bonchev–Trinajstić information content (AvgIpc) is 2.05. The number of rotatable bonds is 2. The van der Waals surface area contributed by atoms with Gasteiger partial charge < -0.3 is 10.6 Å². The molecule has 0 unspecified atom stereocenters. The highest BCUT2D eigenvalue weighted by atomic mass is 16.6. The Bertz CT molecular complexity index is 255. The summed E-state index contributed by atoms with van der Waals surface area (Å²) in [7, 11) is 0. The molecule has 0 fully saturated rings. The molecular formula is C7H9N3O. The van der Waals surface area contributed by atoms with Crippen LogP contribution in [0.1, 0.15) is 5.56 Å². The van der Waals surface area contributed by atoms with Crippen LogP contribution in [0.4, 0.5) is 0 Å². The molecule has 0 aliphatic carbocycles. The van der Waals surface area contributed by atoms with Gasteiger partial charge in [0.25, 0.3) is 0 Å². The molecule has 0 aromatic heterocycles. The van der Waals surface area contributed by atoms with E-state index in [0.717, 1.165) is 0 Å². The number of nitrogen functional groups attached to an aromatic ring is 1. The van der Waals surface area contributed by atoms with Crippen LogP contribution < -0.4 is 16.5 Å². The highest BCUT2D eigenvalue weighted by Gasteiger charge is 1.95. The summed E-state index contributed by atoms with van der Waals surface area (Å²) in [6.07, 6.45) is 0. The molecule has 1 rings (SSSR count). The number of hydrogen-bond donors (Lipinski definition) is 3. The molecule has 1 aromatic carbocycles. The lowest BCUT2D eigenvalue weighted by Gasteiger charge is -1.99. The van der Waals surface area contributed by atoms with Crippen molar-refractivity contribution in [1.82, 2.24) is 0 Å². The van der Waals surface area contributed by atoms with E-state index in [-0.39, 0.29) is 5.84 Å². The van der Waals surface area contributed by atoms with E-state index in [0.29, 0.717) is 11.3 Å². The third kappa shape index (κ3) is 1.68. The SMILES string of the molecule is N=C(N)c1ccc(ON)cc1. The summed E-state index contributed by atoms with van der Waals surface area (Å²) in [4.78, 5) is 4.44. The Balaban J connectivity index is 2.91. The van der Waals surface area contributed by atoms with Gasteiger partial charge in [-0.15, -0.1) is 0 Å². The standard InChI is InChI=1S/C7H9N3O/c8-7(9)5-1-3-6(11-10)4-2-5/h1-4H,10H2,(H3,8,9). The van der Waals surface area contributed by atoms with Crippen LogP contribution in [-0.2, 0) is 0 Å². The van der Waals surface area contributed by atoms with Gasteiger partial charge in [-0.05, 0) is 24.3 Å². The molecule has 0 radical (unpaired) electrons.